The van der Waals surface area contributed by atoms with Crippen LogP contribution in [0.1, 0.15) is 10.4 Å². The first kappa shape index (κ1) is 23.0. The first-order chi connectivity index (χ1) is 14.2. The van der Waals surface area contributed by atoms with E-state index in [4.69, 9.17) is 9.84 Å². The number of aliphatic carboxylic acids is 1. The molecule has 1 aromatic rings. The van der Waals surface area contributed by atoms with Crippen LogP contribution in [0, 0.1) is 0 Å². The zero-order chi connectivity index (χ0) is 22.1. The van der Waals surface area contributed by atoms with Crippen LogP contribution in [0.4, 0.5) is 0 Å². The van der Waals surface area contributed by atoms with Crippen LogP contribution >= 0.6 is 0 Å². The largest absolute Gasteiger partial charge is 0.478 e. The molecule has 0 bridgehead atoms. The Morgan fingerprint density at radius 1 is 1.03 bits per heavy atom. The van der Waals surface area contributed by atoms with Gasteiger partial charge in [0.1, 0.15) is 0 Å². The van der Waals surface area contributed by atoms with E-state index in [2.05, 4.69) is 5.32 Å². The van der Waals surface area contributed by atoms with E-state index in [0.717, 1.165) is 0 Å². The molecule has 0 spiro atoms. The first-order valence-electron chi connectivity index (χ1n) is 8.66. The third-order valence-electron chi connectivity index (χ3n) is 3.84. The highest BCUT2D eigenvalue weighted by Gasteiger charge is 2.26. The van der Waals surface area contributed by atoms with E-state index in [1.165, 1.54) is 28.6 Å². The summed E-state index contributed by atoms with van der Waals surface area (Å²) in [6.45, 7) is 0.663. The summed E-state index contributed by atoms with van der Waals surface area (Å²) in [5, 5.41) is 10.7. The van der Waals surface area contributed by atoms with Crippen LogP contribution in [-0.2, 0) is 29.1 Å². The van der Waals surface area contributed by atoms with Crippen LogP contribution in [0.5, 0.6) is 0 Å². The summed E-state index contributed by atoms with van der Waals surface area (Å²) in [7, 11) is -3.68. The van der Waals surface area contributed by atoms with Gasteiger partial charge in [-0.05, 0) is 24.3 Å². The average molecular weight is 440 g/mol. The van der Waals surface area contributed by atoms with Crippen molar-refractivity contribution in [3.8, 4) is 0 Å². The Hall–Kier alpha value is -3.29. The van der Waals surface area contributed by atoms with Crippen LogP contribution < -0.4 is 16.2 Å². The molecule has 1 heterocycles. The van der Waals surface area contributed by atoms with Crippen molar-refractivity contribution in [2.24, 2.45) is 0 Å². The van der Waals surface area contributed by atoms with Gasteiger partial charge in [0.2, 0.25) is 10.0 Å². The molecule has 12 nitrogen and oxygen atoms in total. The molecule has 1 aliphatic rings. The number of carbonyl (C=O) groups excluding carboxylic acids is 3. The third-order valence-corrected chi connectivity index (χ3v) is 5.75. The van der Waals surface area contributed by atoms with Crippen molar-refractivity contribution < 1.29 is 37.4 Å². The van der Waals surface area contributed by atoms with Crippen LogP contribution in [-0.4, -0.2) is 74.4 Å². The van der Waals surface area contributed by atoms with Crippen molar-refractivity contribution in [1.82, 2.24) is 20.5 Å². The molecule has 13 heteroatoms. The Labute approximate surface area is 171 Å². The lowest BCUT2D eigenvalue weighted by atomic mass is 10.2. The maximum Gasteiger partial charge on any atom is 0.328 e. The highest BCUT2D eigenvalue weighted by Crippen LogP contribution is 2.17. The maximum absolute atomic E-state index is 12.5. The molecule has 4 N–H and O–H groups in total. The first-order valence-corrected chi connectivity index (χ1v) is 10.1. The number of ether oxygens (including phenoxy) is 1. The molecule has 0 radical (unpaired) electrons. The smallest absolute Gasteiger partial charge is 0.328 e. The summed E-state index contributed by atoms with van der Waals surface area (Å²) >= 11 is 0. The van der Waals surface area contributed by atoms with Gasteiger partial charge in [-0.1, -0.05) is 0 Å². The number of hydrogen-bond acceptors (Lipinski definition) is 7. The quantitative estimate of drug-likeness (QED) is 0.285. The van der Waals surface area contributed by atoms with Gasteiger partial charge in [0.05, 0.1) is 24.7 Å². The second-order valence-corrected chi connectivity index (χ2v) is 7.87. The molecule has 162 valence electrons. The van der Waals surface area contributed by atoms with Gasteiger partial charge in [0.15, 0.2) is 0 Å². The zero-order valence-corrected chi connectivity index (χ0v) is 16.5. The fourth-order valence-electron chi connectivity index (χ4n) is 2.34. The molecule has 1 aromatic carbocycles. The standard InChI is InChI=1S/C17H20N4O8S/c22-14(5-6-16(24)25)19-20-15(23)11-18-17(26)12-1-3-13(4-2-12)30(27,28)21-7-9-29-10-8-21/h1-6H,7-11H2,(H,18,26)(H,19,22)(H,20,23)(H,24,25)/b6-5+. The molecule has 3 amide bonds. The number of amides is 3. The molecule has 1 aliphatic heterocycles. The number of hydrogen-bond donors (Lipinski definition) is 4. The highest BCUT2D eigenvalue weighted by atomic mass is 32.2. The molecule has 0 unspecified atom stereocenters. The minimum absolute atomic E-state index is 0.0378. The van der Waals surface area contributed by atoms with E-state index in [-0.39, 0.29) is 23.5 Å². The summed E-state index contributed by atoms with van der Waals surface area (Å²) in [6, 6.07) is 5.24. The fourth-order valence-corrected chi connectivity index (χ4v) is 3.75. The summed E-state index contributed by atoms with van der Waals surface area (Å²) in [6.07, 6.45) is 1.29. The van der Waals surface area contributed by atoms with Gasteiger partial charge in [-0.2, -0.15) is 4.31 Å². The number of nitrogens with zero attached hydrogens (tertiary/aromatic N) is 1. The van der Waals surface area contributed by atoms with Gasteiger partial charge in [-0.25, -0.2) is 13.2 Å². The number of nitrogens with one attached hydrogen (secondary N) is 3. The second-order valence-electron chi connectivity index (χ2n) is 5.93. The van der Waals surface area contributed by atoms with Crippen LogP contribution in [0.15, 0.2) is 41.3 Å². The number of carboxylic acids is 1. The fraction of sp³-hybridized carbons (Fsp3) is 0.294. The Bertz CT molecular complexity index is 937. The zero-order valence-electron chi connectivity index (χ0n) is 15.7. The summed E-state index contributed by atoms with van der Waals surface area (Å²) in [4.78, 5) is 45.2. The van der Waals surface area contributed by atoms with Crippen molar-refractivity contribution >= 4 is 33.7 Å². The molecular formula is C17H20N4O8S. The van der Waals surface area contributed by atoms with Gasteiger partial charge in [-0.15, -0.1) is 0 Å². The van der Waals surface area contributed by atoms with E-state index in [9.17, 15) is 27.6 Å². The van der Waals surface area contributed by atoms with Gasteiger partial charge < -0.3 is 15.2 Å². The Balaban J connectivity index is 1.85. The topological polar surface area (TPSA) is 171 Å². The van der Waals surface area contributed by atoms with E-state index in [1.807, 2.05) is 10.9 Å². The van der Waals surface area contributed by atoms with Gasteiger partial charge in [0, 0.05) is 30.8 Å². The maximum atomic E-state index is 12.5. The predicted molar refractivity (Wildman–Crippen MR) is 101 cm³/mol. The van der Waals surface area contributed by atoms with Crippen LogP contribution in [0.2, 0.25) is 0 Å². The Kier molecular flexibility index (Phi) is 8.03. The second kappa shape index (κ2) is 10.5. The third kappa shape index (κ3) is 6.65. The Morgan fingerprint density at radius 2 is 1.67 bits per heavy atom. The van der Waals surface area contributed by atoms with Gasteiger partial charge >= 0.3 is 5.97 Å². The normalized spacial score (nSPS) is 14.8. The molecule has 2 rings (SSSR count). The summed E-state index contributed by atoms with van der Waals surface area (Å²) < 4.78 is 31.5. The van der Waals surface area contributed by atoms with Crippen molar-refractivity contribution in [2.75, 3.05) is 32.8 Å². The number of carboxylic acid groups (broad SMARTS) is 1. The molecule has 0 aromatic heterocycles. The number of morpholine rings is 1. The number of rotatable bonds is 7. The van der Waals surface area contributed by atoms with Crippen LogP contribution in [0.25, 0.3) is 0 Å². The number of sulfonamides is 1. The van der Waals surface area contributed by atoms with Crippen molar-refractivity contribution in [2.45, 2.75) is 4.90 Å². The molecule has 30 heavy (non-hydrogen) atoms. The number of hydrazine groups is 1. The van der Waals surface area contributed by atoms with Crippen molar-refractivity contribution in [3.05, 3.63) is 42.0 Å². The molecule has 0 aliphatic carbocycles. The van der Waals surface area contributed by atoms with Crippen molar-refractivity contribution in [3.63, 3.8) is 0 Å². The van der Waals surface area contributed by atoms with Crippen molar-refractivity contribution in [1.29, 1.82) is 0 Å². The minimum Gasteiger partial charge on any atom is -0.478 e. The number of carbonyl (C=O) groups is 4. The van der Waals surface area contributed by atoms with E-state index in [0.29, 0.717) is 25.4 Å². The molecule has 0 atom stereocenters. The van der Waals surface area contributed by atoms with Gasteiger partial charge in [-0.3, -0.25) is 25.2 Å². The van der Waals surface area contributed by atoms with Crippen LogP contribution in [0.3, 0.4) is 0 Å². The van der Waals surface area contributed by atoms with Gasteiger partial charge in [0.25, 0.3) is 17.7 Å². The SMILES string of the molecule is O=C(O)/C=C/C(=O)NNC(=O)CNC(=O)c1ccc(S(=O)(=O)N2CCOCC2)cc1. The Morgan fingerprint density at radius 3 is 2.27 bits per heavy atom. The average Bonchev–Trinajstić information content (AvgIpc) is 2.75. The summed E-state index contributed by atoms with van der Waals surface area (Å²) in [5.74, 6) is -3.58. The molecular weight excluding hydrogens is 420 g/mol. The van der Waals surface area contributed by atoms with E-state index < -0.39 is 40.3 Å². The minimum atomic E-state index is -3.68. The van der Waals surface area contributed by atoms with E-state index >= 15 is 0 Å². The molecule has 1 saturated heterocycles. The lowest BCUT2D eigenvalue weighted by molar-refractivity contribution is -0.131. The molecule has 1 fully saturated rings. The van der Waals surface area contributed by atoms with E-state index in [1.54, 1.807) is 0 Å². The monoisotopic (exact) mass is 440 g/mol. The lowest BCUT2D eigenvalue weighted by Gasteiger charge is -2.26. The predicted octanol–water partition coefficient (Wildman–Crippen LogP) is -1.77. The lowest BCUT2D eigenvalue weighted by Crippen LogP contribution is -2.45. The summed E-state index contributed by atoms with van der Waals surface area (Å²) in [5.41, 5.74) is 4.06. The molecule has 0 saturated carbocycles. The number of benzene rings is 1. The highest BCUT2D eigenvalue weighted by molar-refractivity contribution is 7.89.